The molecule has 78 valence electrons. The van der Waals surface area contributed by atoms with Gasteiger partial charge in [-0.2, -0.15) is 0 Å². The van der Waals surface area contributed by atoms with E-state index in [0.717, 1.165) is 11.3 Å². The third-order valence-corrected chi connectivity index (χ3v) is 2.38. The molecule has 0 bridgehead atoms. The summed E-state index contributed by atoms with van der Waals surface area (Å²) in [6.07, 6.45) is 0.0170. The molecule has 0 aliphatic heterocycles. The summed E-state index contributed by atoms with van der Waals surface area (Å²) in [4.78, 5) is 0. The van der Waals surface area contributed by atoms with Gasteiger partial charge in [0.15, 0.2) is 0 Å². The second kappa shape index (κ2) is 4.98. The summed E-state index contributed by atoms with van der Waals surface area (Å²) in [6.45, 7) is 1.95. The van der Waals surface area contributed by atoms with E-state index in [2.05, 4.69) is 0 Å². The lowest BCUT2D eigenvalue weighted by Gasteiger charge is -2.18. The summed E-state index contributed by atoms with van der Waals surface area (Å²) >= 11 is 0. The molecule has 0 amide bonds. The Bertz CT molecular complexity index is 271. The molecule has 3 nitrogen and oxygen atoms in total. The van der Waals surface area contributed by atoms with Gasteiger partial charge in [-0.15, -0.1) is 0 Å². The molecule has 2 unspecified atom stereocenters. The highest BCUT2D eigenvalue weighted by molar-refractivity contribution is 5.29. The standard InChI is InChI=1S/C11H17NO2/c1-8(13-2)11(12)9-4-6-10(14-3)7-5-9/h4-8,11H,12H2,1-3H3. The first kappa shape index (κ1) is 11.0. The Labute approximate surface area is 84.8 Å². The minimum absolute atomic E-state index is 0.0170. The van der Waals surface area contributed by atoms with Crippen molar-refractivity contribution >= 4 is 0 Å². The summed E-state index contributed by atoms with van der Waals surface area (Å²) in [7, 11) is 3.31. The average molecular weight is 195 g/mol. The molecule has 0 heterocycles. The molecule has 0 radical (unpaired) electrons. The molecule has 3 heteroatoms. The first-order valence-corrected chi connectivity index (χ1v) is 4.61. The fourth-order valence-corrected chi connectivity index (χ4v) is 1.24. The lowest BCUT2D eigenvalue weighted by molar-refractivity contribution is 0.0956. The van der Waals surface area contributed by atoms with Gasteiger partial charge in [0, 0.05) is 7.11 Å². The van der Waals surface area contributed by atoms with Crippen LogP contribution in [0.5, 0.6) is 5.75 Å². The van der Waals surface area contributed by atoms with Gasteiger partial charge in [0.05, 0.1) is 19.3 Å². The van der Waals surface area contributed by atoms with Crippen molar-refractivity contribution < 1.29 is 9.47 Å². The van der Waals surface area contributed by atoms with Crippen LogP contribution in [0.15, 0.2) is 24.3 Å². The molecular formula is C11H17NO2. The number of ether oxygens (including phenoxy) is 2. The zero-order chi connectivity index (χ0) is 10.6. The summed E-state index contributed by atoms with van der Waals surface area (Å²) in [6, 6.07) is 7.62. The van der Waals surface area contributed by atoms with Crippen molar-refractivity contribution in [3.8, 4) is 5.75 Å². The zero-order valence-corrected chi connectivity index (χ0v) is 8.86. The van der Waals surface area contributed by atoms with E-state index in [1.165, 1.54) is 0 Å². The van der Waals surface area contributed by atoms with E-state index in [1.54, 1.807) is 14.2 Å². The third kappa shape index (κ3) is 2.47. The van der Waals surface area contributed by atoms with Crippen LogP contribution in [0.2, 0.25) is 0 Å². The van der Waals surface area contributed by atoms with E-state index >= 15 is 0 Å². The Balaban J connectivity index is 2.75. The molecule has 2 atom stereocenters. The molecule has 2 N–H and O–H groups in total. The Hall–Kier alpha value is -1.06. The number of methoxy groups -OCH3 is 2. The van der Waals surface area contributed by atoms with Gasteiger partial charge < -0.3 is 15.2 Å². The quantitative estimate of drug-likeness (QED) is 0.795. The van der Waals surface area contributed by atoms with Crippen molar-refractivity contribution in [3.63, 3.8) is 0 Å². The summed E-state index contributed by atoms with van der Waals surface area (Å²) in [5.74, 6) is 0.839. The summed E-state index contributed by atoms with van der Waals surface area (Å²) < 4.78 is 10.2. The molecule has 0 fully saturated rings. The second-order valence-electron chi connectivity index (χ2n) is 3.24. The minimum atomic E-state index is -0.0918. The Kier molecular flexibility index (Phi) is 3.92. The van der Waals surface area contributed by atoms with Crippen molar-refractivity contribution in [2.45, 2.75) is 19.1 Å². The van der Waals surface area contributed by atoms with E-state index in [0.29, 0.717) is 0 Å². The molecule has 0 aliphatic carbocycles. The highest BCUT2D eigenvalue weighted by Crippen LogP contribution is 2.19. The highest BCUT2D eigenvalue weighted by Gasteiger charge is 2.13. The van der Waals surface area contributed by atoms with Gasteiger partial charge in [-0.1, -0.05) is 12.1 Å². The van der Waals surface area contributed by atoms with E-state index in [4.69, 9.17) is 15.2 Å². The van der Waals surface area contributed by atoms with Crippen molar-refractivity contribution in [2.75, 3.05) is 14.2 Å². The van der Waals surface area contributed by atoms with Crippen molar-refractivity contribution in [2.24, 2.45) is 5.73 Å². The minimum Gasteiger partial charge on any atom is -0.497 e. The van der Waals surface area contributed by atoms with E-state index in [-0.39, 0.29) is 12.1 Å². The van der Waals surface area contributed by atoms with Crippen LogP contribution in [0.25, 0.3) is 0 Å². The number of benzene rings is 1. The summed E-state index contributed by atoms with van der Waals surface area (Å²) in [5, 5.41) is 0. The van der Waals surface area contributed by atoms with Gasteiger partial charge in [-0.3, -0.25) is 0 Å². The average Bonchev–Trinajstić information content (AvgIpc) is 2.27. The SMILES string of the molecule is COc1ccc(C(N)C(C)OC)cc1. The molecule has 1 aromatic rings. The van der Waals surface area contributed by atoms with Crippen LogP contribution in [0.3, 0.4) is 0 Å². The lowest BCUT2D eigenvalue weighted by Crippen LogP contribution is -2.25. The van der Waals surface area contributed by atoms with Crippen LogP contribution in [-0.4, -0.2) is 20.3 Å². The van der Waals surface area contributed by atoms with Crippen LogP contribution in [0.4, 0.5) is 0 Å². The number of nitrogens with two attached hydrogens (primary N) is 1. The Morgan fingerprint density at radius 1 is 1.14 bits per heavy atom. The van der Waals surface area contributed by atoms with Crippen LogP contribution in [-0.2, 0) is 4.74 Å². The van der Waals surface area contributed by atoms with Gasteiger partial charge in [0.1, 0.15) is 5.75 Å². The first-order chi connectivity index (χ1) is 6.69. The molecule has 0 aromatic heterocycles. The smallest absolute Gasteiger partial charge is 0.118 e. The Morgan fingerprint density at radius 2 is 1.71 bits per heavy atom. The fraction of sp³-hybridized carbons (Fsp3) is 0.455. The predicted octanol–water partition coefficient (Wildman–Crippen LogP) is 1.73. The molecule has 0 saturated carbocycles. The monoisotopic (exact) mass is 195 g/mol. The van der Waals surface area contributed by atoms with E-state index in [9.17, 15) is 0 Å². The van der Waals surface area contributed by atoms with Crippen LogP contribution >= 0.6 is 0 Å². The molecule has 0 aliphatic rings. The van der Waals surface area contributed by atoms with Crippen LogP contribution in [0.1, 0.15) is 18.5 Å². The largest absolute Gasteiger partial charge is 0.497 e. The molecule has 0 spiro atoms. The number of rotatable bonds is 4. The van der Waals surface area contributed by atoms with Gasteiger partial charge in [0.25, 0.3) is 0 Å². The maximum atomic E-state index is 5.97. The van der Waals surface area contributed by atoms with Crippen molar-refractivity contribution in [1.29, 1.82) is 0 Å². The number of hydrogen-bond acceptors (Lipinski definition) is 3. The first-order valence-electron chi connectivity index (χ1n) is 4.61. The van der Waals surface area contributed by atoms with Crippen LogP contribution in [0, 0.1) is 0 Å². The fourth-order valence-electron chi connectivity index (χ4n) is 1.24. The molecule has 0 saturated heterocycles. The molecule has 1 rings (SSSR count). The molecule has 1 aromatic carbocycles. The van der Waals surface area contributed by atoms with E-state index in [1.807, 2.05) is 31.2 Å². The van der Waals surface area contributed by atoms with E-state index < -0.39 is 0 Å². The normalized spacial score (nSPS) is 14.9. The van der Waals surface area contributed by atoms with Gasteiger partial charge in [0.2, 0.25) is 0 Å². The zero-order valence-electron chi connectivity index (χ0n) is 8.86. The predicted molar refractivity (Wildman–Crippen MR) is 56.4 cm³/mol. The number of hydrogen-bond donors (Lipinski definition) is 1. The second-order valence-corrected chi connectivity index (χ2v) is 3.24. The maximum absolute atomic E-state index is 5.97. The van der Waals surface area contributed by atoms with Gasteiger partial charge in [-0.25, -0.2) is 0 Å². The van der Waals surface area contributed by atoms with Crippen molar-refractivity contribution in [1.82, 2.24) is 0 Å². The highest BCUT2D eigenvalue weighted by atomic mass is 16.5. The Morgan fingerprint density at radius 3 is 2.14 bits per heavy atom. The topological polar surface area (TPSA) is 44.5 Å². The molecular weight excluding hydrogens is 178 g/mol. The van der Waals surface area contributed by atoms with Crippen LogP contribution < -0.4 is 10.5 Å². The summed E-state index contributed by atoms with van der Waals surface area (Å²) in [5.41, 5.74) is 7.03. The van der Waals surface area contributed by atoms with Gasteiger partial charge >= 0.3 is 0 Å². The lowest BCUT2D eigenvalue weighted by atomic mass is 10.0. The third-order valence-electron chi connectivity index (χ3n) is 2.38. The van der Waals surface area contributed by atoms with Gasteiger partial charge in [-0.05, 0) is 24.6 Å². The maximum Gasteiger partial charge on any atom is 0.118 e. The van der Waals surface area contributed by atoms with Crippen molar-refractivity contribution in [3.05, 3.63) is 29.8 Å². The molecule has 14 heavy (non-hydrogen) atoms.